The molecule has 0 bridgehead atoms. The molecule has 1 aliphatic rings. The number of hydrogen-bond acceptors (Lipinski definition) is 2. The van der Waals surface area contributed by atoms with Gasteiger partial charge in [0.15, 0.2) is 0 Å². The van der Waals surface area contributed by atoms with Gasteiger partial charge < -0.3 is 10.6 Å². The molecule has 96 valence electrons. The van der Waals surface area contributed by atoms with Gasteiger partial charge in [0, 0.05) is 6.54 Å². The van der Waals surface area contributed by atoms with Crippen molar-refractivity contribution in [2.45, 2.75) is 25.8 Å². The standard InChI is InChI=1S/C13H15FN2O2/c1-8-4-5-9(10(14)7-8)13(18)16-6-2-3-11(16)12(15)17/h4-5,7,11H,2-3,6H2,1H3,(H2,15,17). The molecule has 2 rings (SSSR count). The minimum atomic E-state index is -0.613. The number of carbonyl (C=O) groups excluding carboxylic acids is 2. The van der Waals surface area contributed by atoms with Crippen molar-refractivity contribution in [1.82, 2.24) is 4.90 Å². The molecule has 0 radical (unpaired) electrons. The zero-order chi connectivity index (χ0) is 13.3. The van der Waals surface area contributed by atoms with Crippen molar-refractivity contribution in [2.75, 3.05) is 6.54 Å². The number of benzene rings is 1. The lowest BCUT2D eigenvalue weighted by Crippen LogP contribution is -2.43. The second-order valence-corrected chi connectivity index (χ2v) is 4.54. The van der Waals surface area contributed by atoms with Crippen molar-refractivity contribution in [2.24, 2.45) is 5.73 Å². The van der Waals surface area contributed by atoms with E-state index in [-0.39, 0.29) is 5.56 Å². The van der Waals surface area contributed by atoms with Crippen LogP contribution in [0.4, 0.5) is 4.39 Å². The zero-order valence-electron chi connectivity index (χ0n) is 10.1. The summed E-state index contributed by atoms with van der Waals surface area (Å²) < 4.78 is 13.7. The van der Waals surface area contributed by atoms with Gasteiger partial charge in [-0.1, -0.05) is 6.07 Å². The number of nitrogens with two attached hydrogens (primary N) is 1. The lowest BCUT2D eigenvalue weighted by atomic mass is 10.1. The summed E-state index contributed by atoms with van der Waals surface area (Å²) in [5.41, 5.74) is 5.98. The van der Waals surface area contributed by atoms with Gasteiger partial charge in [0.1, 0.15) is 11.9 Å². The van der Waals surface area contributed by atoms with Gasteiger partial charge in [-0.25, -0.2) is 4.39 Å². The molecule has 18 heavy (non-hydrogen) atoms. The van der Waals surface area contributed by atoms with Crippen molar-refractivity contribution >= 4 is 11.8 Å². The first kappa shape index (κ1) is 12.5. The number of hydrogen-bond donors (Lipinski definition) is 1. The number of aryl methyl sites for hydroxylation is 1. The first-order chi connectivity index (χ1) is 8.50. The Kier molecular flexibility index (Phi) is 3.32. The van der Waals surface area contributed by atoms with Crippen LogP contribution in [-0.2, 0) is 4.79 Å². The van der Waals surface area contributed by atoms with Gasteiger partial charge in [-0.2, -0.15) is 0 Å². The predicted molar refractivity (Wildman–Crippen MR) is 64.4 cm³/mol. The molecule has 1 atom stereocenters. The maximum atomic E-state index is 13.7. The van der Waals surface area contributed by atoms with Gasteiger partial charge in [-0.05, 0) is 37.5 Å². The second kappa shape index (κ2) is 4.76. The van der Waals surface area contributed by atoms with Crippen molar-refractivity contribution < 1.29 is 14.0 Å². The summed E-state index contributed by atoms with van der Waals surface area (Å²) in [5, 5.41) is 0. The smallest absolute Gasteiger partial charge is 0.257 e. The zero-order valence-corrected chi connectivity index (χ0v) is 10.1. The van der Waals surface area contributed by atoms with Crippen LogP contribution in [0.5, 0.6) is 0 Å². The van der Waals surface area contributed by atoms with Gasteiger partial charge in [0.25, 0.3) is 5.91 Å². The maximum Gasteiger partial charge on any atom is 0.257 e. The van der Waals surface area contributed by atoms with Gasteiger partial charge in [-0.15, -0.1) is 0 Å². The molecular formula is C13H15FN2O2. The molecule has 4 nitrogen and oxygen atoms in total. The maximum absolute atomic E-state index is 13.7. The van der Waals surface area contributed by atoms with Crippen LogP contribution in [0.25, 0.3) is 0 Å². The predicted octanol–water partition coefficient (Wildman–Crippen LogP) is 1.22. The molecule has 0 aromatic heterocycles. The summed E-state index contributed by atoms with van der Waals surface area (Å²) in [4.78, 5) is 24.8. The van der Waals surface area contributed by atoms with E-state index in [9.17, 15) is 14.0 Å². The Balaban J connectivity index is 2.28. The Hall–Kier alpha value is -1.91. The number of carbonyl (C=O) groups is 2. The molecule has 1 aromatic carbocycles. The van der Waals surface area contributed by atoms with Gasteiger partial charge in [0.2, 0.25) is 5.91 Å². The molecule has 1 unspecified atom stereocenters. The van der Waals surface area contributed by atoms with E-state index < -0.39 is 23.7 Å². The first-order valence-corrected chi connectivity index (χ1v) is 5.87. The van der Waals surface area contributed by atoms with Crippen LogP contribution in [0.2, 0.25) is 0 Å². The third-order valence-electron chi connectivity index (χ3n) is 3.20. The lowest BCUT2D eigenvalue weighted by Gasteiger charge is -2.22. The highest BCUT2D eigenvalue weighted by Gasteiger charge is 2.33. The fourth-order valence-corrected chi connectivity index (χ4v) is 2.25. The highest BCUT2D eigenvalue weighted by molar-refractivity contribution is 5.97. The molecular weight excluding hydrogens is 235 g/mol. The van der Waals surface area contributed by atoms with E-state index in [0.717, 1.165) is 5.56 Å². The van der Waals surface area contributed by atoms with E-state index >= 15 is 0 Å². The molecule has 1 heterocycles. The van der Waals surface area contributed by atoms with E-state index in [1.54, 1.807) is 13.0 Å². The number of amides is 2. The van der Waals surface area contributed by atoms with Gasteiger partial charge in [-0.3, -0.25) is 9.59 Å². The van der Waals surface area contributed by atoms with Crippen LogP contribution in [0.3, 0.4) is 0 Å². The Morgan fingerprint density at radius 3 is 2.78 bits per heavy atom. The molecule has 2 N–H and O–H groups in total. The largest absolute Gasteiger partial charge is 0.368 e. The molecule has 0 spiro atoms. The summed E-state index contributed by atoms with van der Waals surface area (Å²) in [6.07, 6.45) is 1.27. The number of rotatable bonds is 2. The summed E-state index contributed by atoms with van der Waals surface area (Å²) >= 11 is 0. The fraction of sp³-hybridized carbons (Fsp3) is 0.385. The van der Waals surface area contributed by atoms with E-state index in [0.29, 0.717) is 19.4 Å². The minimum absolute atomic E-state index is 0.00579. The second-order valence-electron chi connectivity index (χ2n) is 4.54. The van der Waals surface area contributed by atoms with E-state index in [2.05, 4.69) is 0 Å². The minimum Gasteiger partial charge on any atom is -0.368 e. The topological polar surface area (TPSA) is 63.4 Å². The Morgan fingerprint density at radius 1 is 1.44 bits per heavy atom. The quantitative estimate of drug-likeness (QED) is 0.857. The number of primary amides is 1. The van der Waals surface area contributed by atoms with E-state index in [1.807, 2.05) is 0 Å². The van der Waals surface area contributed by atoms with Crippen LogP contribution in [0.1, 0.15) is 28.8 Å². The van der Waals surface area contributed by atoms with E-state index in [4.69, 9.17) is 5.73 Å². The molecule has 1 aromatic rings. The third kappa shape index (κ3) is 2.20. The van der Waals surface area contributed by atoms with Crippen molar-refractivity contribution in [3.8, 4) is 0 Å². The summed E-state index contributed by atoms with van der Waals surface area (Å²) in [6, 6.07) is 3.82. The highest BCUT2D eigenvalue weighted by Crippen LogP contribution is 2.21. The Bertz CT molecular complexity index is 502. The summed E-state index contributed by atoms with van der Waals surface area (Å²) in [6.45, 7) is 2.19. The normalized spacial score (nSPS) is 19.0. The van der Waals surface area contributed by atoms with Crippen molar-refractivity contribution in [3.63, 3.8) is 0 Å². The number of nitrogens with zero attached hydrogens (tertiary/aromatic N) is 1. The fourth-order valence-electron chi connectivity index (χ4n) is 2.25. The van der Waals surface area contributed by atoms with E-state index in [1.165, 1.54) is 17.0 Å². The molecule has 1 saturated heterocycles. The van der Waals surface area contributed by atoms with Crippen molar-refractivity contribution in [1.29, 1.82) is 0 Å². The molecule has 1 aliphatic heterocycles. The molecule has 0 saturated carbocycles. The van der Waals surface area contributed by atoms with Crippen LogP contribution >= 0.6 is 0 Å². The Morgan fingerprint density at radius 2 is 2.17 bits per heavy atom. The first-order valence-electron chi connectivity index (χ1n) is 5.87. The molecule has 1 fully saturated rings. The van der Waals surface area contributed by atoms with Crippen LogP contribution in [-0.4, -0.2) is 29.3 Å². The van der Waals surface area contributed by atoms with Crippen molar-refractivity contribution in [3.05, 3.63) is 35.1 Å². The van der Waals surface area contributed by atoms with Gasteiger partial charge in [0.05, 0.1) is 5.56 Å². The monoisotopic (exact) mass is 250 g/mol. The number of halogens is 1. The van der Waals surface area contributed by atoms with Crippen LogP contribution in [0, 0.1) is 12.7 Å². The molecule has 5 heteroatoms. The van der Waals surface area contributed by atoms with Crippen LogP contribution in [0.15, 0.2) is 18.2 Å². The summed E-state index contributed by atoms with van der Waals surface area (Å²) in [7, 11) is 0. The molecule has 0 aliphatic carbocycles. The Labute approximate surface area is 105 Å². The lowest BCUT2D eigenvalue weighted by molar-refractivity contribution is -0.121. The van der Waals surface area contributed by atoms with Gasteiger partial charge >= 0.3 is 0 Å². The SMILES string of the molecule is Cc1ccc(C(=O)N2CCCC2C(N)=O)c(F)c1. The average Bonchev–Trinajstić information content (AvgIpc) is 2.77. The summed E-state index contributed by atoms with van der Waals surface area (Å²) in [5.74, 6) is -1.56. The van der Waals surface area contributed by atoms with Crippen LogP contribution < -0.4 is 5.73 Å². The third-order valence-corrected chi connectivity index (χ3v) is 3.20. The molecule has 2 amide bonds. The average molecular weight is 250 g/mol. The number of likely N-dealkylation sites (tertiary alicyclic amines) is 1. The highest BCUT2D eigenvalue weighted by atomic mass is 19.1.